The fourth-order valence-electron chi connectivity index (χ4n) is 4.14. The van der Waals surface area contributed by atoms with Crippen LogP contribution in [-0.4, -0.2) is 0 Å². The first-order chi connectivity index (χ1) is 13.8. The Morgan fingerprint density at radius 1 is 0.607 bits per heavy atom. The van der Waals surface area contributed by atoms with Crippen LogP contribution in [0.3, 0.4) is 0 Å². The largest absolute Gasteiger partial charge is 0.0985 e. The summed E-state index contributed by atoms with van der Waals surface area (Å²) < 4.78 is 0. The van der Waals surface area contributed by atoms with Crippen LogP contribution in [0.25, 0.3) is 6.08 Å². The molecule has 0 aliphatic heterocycles. The first kappa shape index (κ1) is 25.0. The molecule has 0 heteroatoms. The molecule has 28 heavy (non-hydrogen) atoms. The normalized spacial score (nSPS) is 11.1. The fraction of sp³-hybridized carbons (Fsp3) is 0.714. The lowest BCUT2D eigenvalue weighted by Crippen LogP contribution is -1.94. The number of hydrogen-bond acceptors (Lipinski definition) is 0. The van der Waals surface area contributed by atoms with Crippen LogP contribution in [0.5, 0.6) is 0 Å². The van der Waals surface area contributed by atoms with Crippen LogP contribution in [0.15, 0.2) is 24.8 Å². The summed E-state index contributed by atoms with van der Waals surface area (Å²) in [5.74, 6) is 0. The molecule has 0 nitrogen and oxygen atoms in total. The van der Waals surface area contributed by atoms with Crippen molar-refractivity contribution in [3.8, 4) is 0 Å². The second-order valence-corrected chi connectivity index (χ2v) is 8.69. The lowest BCUT2D eigenvalue weighted by Gasteiger charge is -2.10. The molecule has 0 bridgehead atoms. The van der Waals surface area contributed by atoms with Gasteiger partial charge >= 0.3 is 0 Å². The van der Waals surface area contributed by atoms with Crippen molar-refractivity contribution in [1.82, 2.24) is 0 Å². The van der Waals surface area contributed by atoms with E-state index in [1.54, 1.807) is 0 Å². The van der Waals surface area contributed by atoms with Crippen LogP contribution >= 0.6 is 0 Å². The van der Waals surface area contributed by atoms with E-state index in [0.717, 1.165) is 0 Å². The van der Waals surface area contributed by atoms with Gasteiger partial charge in [0.15, 0.2) is 0 Å². The zero-order valence-electron chi connectivity index (χ0n) is 19.2. The van der Waals surface area contributed by atoms with Gasteiger partial charge in [-0.05, 0) is 42.4 Å². The Kier molecular flexibility index (Phi) is 16.1. The van der Waals surface area contributed by atoms with E-state index >= 15 is 0 Å². The molecule has 1 aromatic rings. The molecular weight excluding hydrogens is 336 g/mol. The van der Waals surface area contributed by atoms with Crippen molar-refractivity contribution >= 4 is 6.08 Å². The Morgan fingerprint density at radius 2 is 1.07 bits per heavy atom. The van der Waals surface area contributed by atoms with Crippen LogP contribution in [0.1, 0.15) is 133 Å². The fourth-order valence-corrected chi connectivity index (χ4v) is 4.14. The Labute approximate surface area is 177 Å². The highest BCUT2D eigenvalue weighted by molar-refractivity contribution is 5.53. The predicted molar refractivity (Wildman–Crippen MR) is 129 cm³/mol. The summed E-state index contributed by atoms with van der Waals surface area (Å²) >= 11 is 0. The first-order valence-electron chi connectivity index (χ1n) is 12.6. The van der Waals surface area contributed by atoms with Crippen LogP contribution < -0.4 is 0 Å². The average Bonchev–Trinajstić information content (AvgIpc) is 2.72. The molecule has 160 valence electrons. The standard InChI is InChI=1S/C28H48/c1-4-7-9-11-13-15-17-19-21-26-23-24-27(6-3)28(25-26)22-20-18-16-14-12-10-8-5-2/h6,23-25H,3-5,7-22H2,1-2H3. The molecule has 1 aromatic carbocycles. The summed E-state index contributed by atoms with van der Waals surface area (Å²) in [6.07, 6.45) is 26.9. The summed E-state index contributed by atoms with van der Waals surface area (Å²) in [7, 11) is 0. The smallest absolute Gasteiger partial charge is 0.0230 e. The van der Waals surface area contributed by atoms with Crippen molar-refractivity contribution in [3.05, 3.63) is 41.5 Å². The van der Waals surface area contributed by atoms with Gasteiger partial charge in [-0.1, -0.05) is 135 Å². The van der Waals surface area contributed by atoms with E-state index in [9.17, 15) is 0 Å². The second kappa shape index (κ2) is 18.0. The van der Waals surface area contributed by atoms with Crippen LogP contribution in [0.2, 0.25) is 0 Å². The maximum Gasteiger partial charge on any atom is -0.0230 e. The van der Waals surface area contributed by atoms with Crippen LogP contribution in [-0.2, 0) is 12.8 Å². The number of aryl methyl sites for hydroxylation is 2. The summed E-state index contributed by atoms with van der Waals surface area (Å²) in [5, 5.41) is 0. The third-order valence-electron chi connectivity index (χ3n) is 6.05. The molecule has 0 amide bonds. The maximum absolute atomic E-state index is 4.02. The summed E-state index contributed by atoms with van der Waals surface area (Å²) in [5.41, 5.74) is 4.41. The highest BCUT2D eigenvalue weighted by Gasteiger charge is 2.03. The first-order valence-corrected chi connectivity index (χ1v) is 12.6. The topological polar surface area (TPSA) is 0 Å². The van der Waals surface area contributed by atoms with E-state index in [1.807, 2.05) is 6.08 Å². The number of unbranched alkanes of at least 4 members (excludes halogenated alkanes) is 14. The molecule has 0 saturated heterocycles. The zero-order chi connectivity index (χ0) is 20.3. The predicted octanol–water partition coefficient (Wildman–Crippen LogP) is 9.70. The van der Waals surface area contributed by atoms with Crippen molar-refractivity contribution < 1.29 is 0 Å². The van der Waals surface area contributed by atoms with Gasteiger partial charge in [0.25, 0.3) is 0 Å². The molecule has 0 fully saturated rings. The monoisotopic (exact) mass is 384 g/mol. The van der Waals surface area contributed by atoms with Gasteiger partial charge in [0.2, 0.25) is 0 Å². The van der Waals surface area contributed by atoms with Crippen LogP contribution in [0.4, 0.5) is 0 Å². The third kappa shape index (κ3) is 12.4. The van der Waals surface area contributed by atoms with Crippen LogP contribution in [0, 0.1) is 0 Å². The molecule has 0 radical (unpaired) electrons. The second-order valence-electron chi connectivity index (χ2n) is 8.69. The van der Waals surface area contributed by atoms with Gasteiger partial charge < -0.3 is 0 Å². The Balaban J connectivity index is 2.23. The van der Waals surface area contributed by atoms with Gasteiger partial charge in [-0.3, -0.25) is 0 Å². The van der Waals surface area contributed by atoms with Gasteiger partial charge in [0, 0.05) is 0 Å². The highest BCUT2D eigenvalue weighted by Crippen LogP contribution is 2.19. The molecule has 0 atom stereocenters. The van der Waals surface area contributed by atoms with Gasteiger partial charge in [-0.25, -0.2) is 0 Å². The number of benzene rings is 1. The Morgan fingerprint density at radius 3 is 1.57 bits per heavy atom. The van der Waals surface area contributed by atoms with Gasteiger partial charge in [-0.2, -0.15) is 0 Å². The lowest BCUT2D eigenvalue weighted by atomic mass is 9.96. The maximum atomic E-state index is 4.02. The molecule has 0 aliphatic rings. The quantitative estimate of drug-likeness (QED) is 0.208. The zero-order valence-corrected chi connectivity index (χ0v) is 19.2. The molecule has 0 unspecified atom stereocenters. The van der Waals surface area contributed by atoms with Crippen molar-refractivity contribution in [2.45, 2.75) is 129 Å². The van der Waals surface area contributed by atoms with Crippen molar-refractivity contribution in [2.75, 3.05) is 0 Å². The van der Waals surface area contributed by atoms with E-state index in [4.69, 9.17) is 0 Å². The van der Waals surface area contributed by atoms with Crippen molar-refractivity contribution in [3.63, 3.8) is 0 Å². The Hall–Kier alpha value is -1.04. The SMILES string of the molecule is C=Cc1ccc(CCCCCCCCCC)cc1CCCCCCCCCC. The van der Waals surface area contributed by atoms with Gasteiger partial charge in [0.1, 0.15) is 0 Å². The molecule has 1 rings (SSSR count). The summed E-state index contributed by atoms with van der Waals surface area (Å²) in [6, 6.07) is 7.10. The summed E-state index contributed by atoms with van der Waals surface area (Å²) in [4.78, 5) is 0. The molecule has 0 heterocycles. The highest BCUT2D eigenvalue weighted by atomic mass is 14.1. The minimum absolute atomic E-state index is 1.22. The van der Waals surface area contributed by atoms with E-state index in [1.165, 1.54) is 132 Å². The van der Waals surface area contributed by atoms with Crippen molar-refractivity contribution in [2.24, 2.45) is 0 Å². The van der Waals surface area contributed by atoms with Gasteiger partial charge in [0.05, 0.1) is 0 Å². The molecule has 0 aliphatic carbocycles. The molecule has 0 aromatic heterocycles. The molecule has 0 N–H and O–H groups in total. The van der Waals surface area contributed by atoms with E-state index in [2.05, 4.69) is 38.6 Å². The number of rotatable bonds is 19. The summed E-state index contributed by atoms with van der Waals surface area (Å²) in [6.45, 7) is 8.61. The average molecular weight is 385 g/mol. The van der Waals surface area contributed by atoms with E-state index < -0.39 is 0 Å². The molecule has 0 saturated carbocycles. The Bertz CT molecular complexity index is 485. The molecule has 0 spiro atoms. The van der Waals surface area contributed by atoms with E-state index in [-0.39, 0.29) is 0 Å². The minimum Gasteiger partial charge on any atom is -0.0985 e. The number of hydrogen-bond donors (Lipinski definition) is 0. The van der Waals surface area contributed by atoms with Gasteiger partial charge in [-0.15, -0.1) is 0 Å². The van der Waals surface area contributed by atoms with Crippen molar-refractivity contribution in [1.29, 1.82) is 0 Å². The third-order valence-corrected chi connectivity index (χ3v) is 6.05. The molecular formula is C28H48. The minimum atomic E-state index is 1.22. The van der Waals surface area contributed by atoms with E-state index in [0.29, 0.717) is 0 Å². The lowest BCUT2D eigenvalue weighted by molar-refractivity contribution is 0.574.